The van der Waals surface area contributed by atoms with E-state index < -0.39 is 12.3 Å². The summed E-state index contributed by atoms with van der Waals surface area (Å²) in [5.41, 5.74) is 0. The molecule has 0 atom stereocenters. The molecule has 0 bridgehead atoms. The highest BCUT2D eigenvalue weighted by molar-refractivity contribution is 6.31. The molecule has 0 spiro atoms. The summed E-state index contributed by atoms with van der Waals surface area (Å²) in [5.74, 6) is 0.312. The number of carbonyl (C=O) groups is 2. The van der Waals surface area contributed by atoms with Crippen LogP contribution in [0.3, 0.4) is 0 Å². The first-order chi connectivity index (χ1) is 17.0. The molecule has 2 fully saturated rings. The topological polar surface area (TPSA) is 89.5 Å². The smallest absolute Gasteiger partial charge is 0.490 e. The summed E-state index contributed by atoms with van der Waals surface area (Å²) >= 11 is 6.26. The molecule has 2 aromatic carbocycles. The zero-order chi connectivity index (χ0) is 24.8. The number of rotatable bonds is 6. The lowest BCUT2D eigenvalue weighted by Crippen LogP contribution is -2.24. The lowest BCUT2D eigenvalue weighted by molar-refractivity contribution is 0.0394. The summed E-state index contributed by atoms with van der Waals surface area (Å²) < 4.78 is 33.4. The number of hydrogen-bond donors (Lipinski definition) is 0. The average Bonchev–Trinajstić information content (AvgIpc) is 2.86. The van der Waals surface area contributed by atoms with E-state index in [1.807, 2.05) is 0 Å². The fourth-order valence-electron chi connectivity index (χ4n) is 4.78. The van der Waals surface area contributed by atoms with Gasteiger partial charge in [-0.25, -0.2) is 9.59 Å². The summed E-state index contributed by atoms with van der Waals surface area (Å²) in [6, 6.07) is 4.89. The Hall–Kier alpha value is -2.87. The Morgan fingerprint density at radius 3 is 1.60 bits per heavy atom. The Morgan fingerprint density at radius 1 is 0.686 bits per heavy atom. The molecule has 0 radical (unpaired) electrons. The first-order valence-electron chi connectivity index (χ1n) is 12.1. The second-order valence-electron chi connectivity index (χ2n) is 8.87. The van der Waals surface area contributed by atoms with Crippen LogP contribution in [-0.4, -0.2) is 38.7 Å². The van der Waals surface area contributed by atoms with E-state index in [0.29, 0.717) is 15.8 Å². The summed E-state index contributed by atoms with van der Waals surface area (Å²) in [6.45, 7) is 0. The van der Waals surface area contributed by atoms with E-state index in [-0.39, 0.29) is 35.2 Å². The minimum absolute atomic E-state index is 0.0654. The van der Waals surface area contributed by atoms with Crippen molar-refractivity contribution in [1.82, 2.24) is 0 Å². The molecule has 2 aliphatic carbocycles. The highest BCUT2D eigenvalue weighted by atomic mass is 35.5. The lowest BCUT2D eigenvalue weighted by Gasteiger charge is -2.23. The van der Waals surface area contributed by atoms with E-state index in [2.05, 4.69) is 0 Å². The van der Waals surface area contributed by atoms with Crippen LogP contribution >= 0.6 is 11.6 Å². The van der Waals surface area contributed by atoms with Crippen LogP contribution in [-0.2, 0) is 9.47 Å². The van der Waals surface area contributed by atoms with Gasteiger partial charge in [-0.15, -0.1) is 0 Å². The van der Waals surface area contributed by atoms with Crippen molar-refractivity contribution in [3.05, 3.63) is 23.2 Å². The minimum atomic E-state index is -0.844. The molecular formula is C26H31ClO8. The van der Waals surface area contributed by atoms with Crippen molar-refractivity contribution in [1.29, 1.82) is 0 Å². The number of ether oxygens (including phenoxy) is 6. The summed E-state index contributed by atoms with van der Waals surface area (Å²) in [6.07, 6.45) is 7.50. The molecule has 8 nitrogen and oxygen atoms in total. The molecule has 35 heavy (non-hydrogen) atoms. The van der Waals surface area contributed by atoms with Crippen molar-refractivity contribution < 1.29 is 38.0 Å². The molecule has 2 aliphatic rings. The van der Waals surface area contributed by atoms with Gasteiger partial charge in [0.05, 0.1) is 14.2 Å². The summed E-state index contributed by atoms with van der Waals surface area (Å²) in [4.78, 5) is 25.4. The minimum Gasteiger partial charge on any atom is -0.490 e. The molecule has 4 rings (SSSR count). The number of fused-ring (bicyclic) bond motifs is 1. The van der Waals surface area contributed by atoms with E-state index in [9.17, 15) is 9.59 Å². The van der Waals surface area contributed by atoms with Crippen LogP contribution in [0.1, 0.15) is 64.2 Å². The van der Waals surface area contributed by atoms with Gasteiger partial charge in [-0.1, -0.05) is 24.4 Å². The maximum atomic E-state index is 12.7. The maximum absolute atomic E-state index is 12.7. The third kappa shape index (κ3) is 6.04. The monoisotopic (exact) mass is 506 g/mol. The van der Waals surface area contributed by atoms with Gasteiger partial charge in [0, 0.05) is 15.8 Å². The first kappa shape index (κ1) is 25.2. The Balaban J connectivity index is 1.67. The van der Waals surface area contributed by atoms with Crippen LogP contribution in [0.5, 0.6) is 23.0 Å². The van der Waals surface area contributed by atoms with Gasteiger partial charge in [0.2, 0.25) is 11.5 Å². The van der Waals surface area contributed by atoms with Gasteiger partial charge in [0.15, 0.2) is 11.5 Å². The number of methoxy groups -OCH3 is 2. The van der Waals surface area contributed by atoms with Crippen molar-refractivity contribution in [2.45, 2.75) is 76.4 Å². The first-order valence-corrected chi connectivity index (χ1v) is 12.5. The molecular weight excluding hydrogens is 476 g/mol. The molecule has 0 amide bonds. The van der Waals surface area contributed by atoms with E-state index in [1.54, 1.807) is 18.2 Å². The van der Waals surface area contributed by atoms with Crippen LogP contribution in [0.15, 0.2) is 18.2 Å². The van der Waals surface area contributed by atoms with Crippen LogP contribution in [0.25, 0.3) is 10.8 Å². The van der Waals surface area contributed by atoms with Crippen LogP contribution in [0, 0.1) is 0 Å². The highest BCUT2D eigenvalue weighted by Crippen LogP contribution is 2.51. The van der Waals surface area contributed by atoms with Gasteiger partial charge in [-0.3, -0.25) is 0 Å². The van der Waals surface area contributed by atoms with Gasteiger partial charge < -0.3 is 28.4 Å². The SMILES string of the molecule is COc1c(OC)c(OC(=O)OC2CCCCC2)c2cc(Cl)ccc2c1OC(=O)OC1CCCCC1. The number of halogens is 1. The third-order valence-corrected chi connectivity index (χ3v) is 6.73. The van der Waals surface area contributed by atoms with Gasteiger partial charge in [0.1, 0.15) is 12.2 Å². The zero-order valence-electron chi connectivity index (χ0n) is 20.1. The third-order valence-electron chi connectivity index (χ3n) is 6.50. The van der Waals surface area contributed by atoms with Gasteiger partial charge in [-0.05, 0) is 69.6 Å². The van der Waals surface area contributed by atoms with Crippen LogP contribution < -0.4 is 18.9 Å². The molecule has 0 heterocycles. The quantitative estimate of drug-likeness (QED) is 0.300. The molecule has 9 heteroatoms. The largest absolute Gasteiger partial charge is 0.514 e. The van der Waals surface area contributed by atoms with E-state index in [0.717, 1.165) is 64.2 Å². The number of hydrogen-bond acceptors (Lipinski definition) is 8. The Bertz CT molecular complexity index is 1060. The number of carbonyl (C=O) groups excluding carboxylic acids is 2. The van der Waals surface area contributed by atoms with Crippen molar-refractivity contribution in [2.24, 2.45) is 0 Å². The number of benzene rings is 2. The van der Waals surface area contributed by atoms with Gasteiger partial charge >= 0.3 is 12.3 Å². The molecule has 2 aromatic rings. The second-order valence-corrected chi connectivity index (χ2v) is 9.31. The Labute approximate surface area is 209 Å². The fourth-order valence-corrected chi connectivity index (χ4v) is 4.95. The van der Waals surface area contributed by atoms with Crippen molar-refractivity contribution in [2.75, 3.05) is 14.2 Å². The molecule has 0 saturated heterocycles. The Morgan fingerprint density at radius 2 is 1.14 bits per heavy atom. The normalized spacial score (nSPS) is 17.0. The van der Waals surface area contributed by atoms with E-state index in [1.165, 1.54) is 14.2 Å². The van der Waals surface area contributed by atoms with Crippen molar-refractivity contribution >= 4 is 34.7 Å². The predicted molar refractivity (Wildman–Crippen MR) is 130 cm³/mol. The predicted octanol–water partition coefficient (Wildman–Crippen LogP) is 7.21. The van der Waals surface area contributed by atoms with E-state index in [4.69, 9.17) is 40.0 Å². The van der Waals surface area contributed by atoms with Gasteiger partial charge in [0.25, 0.3) is 0 Å². The lowest BCUT2D eigenvalue weighted by atomic mass is 9.98. The second kappa shape index (κ2) is 11.7. The standard InChI is InChI=1S/C26H31ClO8/c1-30-23-21(34-25(28)32-17-9-5-3-6-10-17)19-14-13-16(27)15-20(19)22(24(23)31-2)35-26(29)33-18-11-7-4-8-12-18/h13-15,17-18H,3-12H2,1-2H3. The summed E-state index contributed by atoms with van der Waals surface area (Å²) in [7, 11) is 2.81. The molecule has 0 N–H and O–H groups in total. The molecule has 190 valence electrons. The van der Waals surface area contributed by atoms with Crippen LogP contribution in [0.2, 0.25) is 5.02 Å². The molecule has 0 aromatic heterocycles. The zero-order valence-corrected chi connectivity index (χ0v) is 20.9. The summed E-state index contributed by atoms with van der Waals surface area (Å²) in [5, 5.41) is 1.23. The van der Waals surface area contributed by atoms with Crippen molar-refractivity contribution in [3.8, 4) is 23.0 Å². The fraction of sp³-hybridized carbons (Fsp3) is 0.538. The van der Waals surface area contributed by atoms with E-state index >= 15 is 0 Å². The molecule has 0 aliphatic heterocycles. The van der Waals surface area contributed by atoms with Crippen molar-refractivity contribution in [3.63, 3.8) is 0 Å². The highest BCUT2D eigenvalue weighted by Gasteiger charge is 2.29. The average molecular weight is 507 g/mol. The molecule has 0 unspecified atom stereocenters. The van der Waals surface area contributed by atoms with Gasteiger partial charge in [-0.2, -0.15) is 0 Å². The maximum Gasteiger partial charge on any atom is 0.514 e. The Kier molecular flexibility index (Phi) is 8.44. The molecule has 2 saturated carbocycles. The van der Waals surface area contributed by atoms with Crippen LogP contribution in [0.4, 0.5) is 9.59 Å².